The quantitative estimate of drug-likeness (QED) is 0.736. The van der Waals surface area contributed by atoms with Crippen LogP contribution in [0.4, 0.5) is 0 Å². The zero-order valence-electron chi connectivity index (χ0n) is 11.3. The van der Waals surface area contributed by atoms with Crippen LogP contribution in [0.15, 0.2) is 18.7 Å². The fourth-order valence-electron chi connectivity index (χ4n) is 3.31. The Morgan fingerprint density at radius 2 is 2.06 bits per heavy atom. The molecule has 0 aromatic carbocycles. The number of rotatable bonds is 5. The number of hydrogen-bond acceptors (Lipinski definition) is 1. The Kier molecular flexibility index (Phi) is 4.64. The lowest BCUT2D eigenvalue weighted by Crippen LogP contribution is -2.19. The molecular formula is C15H26N2. The van der Waals surface area contributed by atoms with Crippen LogP contribution in [0.3, 0.4) is 0 Å². The second-order valence-electron chi connectivity index (χ2n) is 5.68. The van der Waals surface area contributed by atoms with Gasteiger partial charge in [0, 0.05) is 18.4 Å². The first-order valence-electron chi connectivity index (χ1n) is 7.28. The summed E-state index contributed by atoms with van der Waals surface area (Å²) in [5.74, 6) is 1.84. The van der Waals surface area contributed by atoms with Crippen LogP contribution >= 0.6 is 0 Å². The minimum absolute atomic E-state index is 0.648. The first kappa shape index (κ1) is 12.7. The summed E-state index contributed by atoms with van der Waals surface area (Å²) in [4.78, 5) is 4.17. The lowest BCUT2D eigenvalue weighted by molar-refractivity contribution is 0.223. The minimum atomic E-state index is 0.648. The maximum atomic E-state index is 4.17. The fraction of sp³-hybridized carbons (Fsp3) is 0.800. The van der Waals surface area contributed by atoms with Gasteiger partial charge < -0.3 is 4.57 Å². The summed E-state index contributed by atoms with van der Waals surface area (Å²) in [6.07, 6.45) is 15.8. The van der Waals surface area contributed by atoms with E-state index in [2.05, 4.69) is 29.6 Å². The van der Waals surface area contributed by atoms with Gasteiger partial charge in [0.25, 0.3) is 0 Å². The van der Waals surface area contributed by atoms with E-state index in [0.29, 0.717) is 6.04 Å². The van der Waals surface area contributed by atoms with E-state index in [1.54, 1.807) is 0 Å². The summed E-state index contributed by atoms with van der Waals surface area (Å²) in [7, 11) is 0. The third kappa shape index (κ3) is 3.34. The van der Waals surface area contributed by atoms with Gasteiger partial charge in [-0.3, -0.25) is 0 Å². The highest BCUT2D eigenvalue weighted by atomic mass is 15.0. The van der Waals surface area contributed by atoms with Crippen LogP contribution in [0.5, 0.6) is 0 Å². The van der Waals surface area contributed by atoms with E-state index >= 15 is 0 Å². The highest BCUT2D eigenvalue weighted by Crippen LogP contribution is 2.34. The Hall–Kier alpha value is -0.790. The molecule has 2 unspecified atom stereocenters. The van der Waals surface area contributed by atoms with Crippen LogP contribution < -0.4 is 0 Å². The molecule has 1 aromatic rings. The molecule has 17 heavy (non-hydrogen) atoms. The summed E-state index contributed by atoms with van der Waals surface area (Å²) in [5, 5.41) is 0. The molecule has 2 rings (SSSR count). The highest BCUT2D eigenvalue weighted by Gasteiger charge is 2.22. The van der Waals surface area contributed by atoms with E-state index in [-0.39, 0.29) is 0 Å². The molecule has 0 aliphatic heterocycles. The smallest absolute Gasteiger partial charge is 0.0948 e. The van der Waals surface area contributed by atoms with Crippen LogP contribution in [0.25, 0.3) is 0 Å². The Balaban J connectivity index is 1.89. The number of aromatic nitrogens is 2. The summed E-state index contributed by atoms with van der Waals surface area (Å²) < 4.78 is 2.29. The minimum Gasteiger partial charge on any atom is -0.334 e. The third-order valence-electron chi connectivity index (χ3n) is 4.52. The van der Waals surface area contributed by atoms with E-state index in [4.69, 9.17) is 0 Å². The topological polar surface area (TPSA) is 17.8 Å². The molecule has 0 bridgehead atoms. The van der Waals surface area contributed by atoms with E-state index in [1.807, 2.05) is 12.5 Å². The van der Waals surface area contributed by atoms with Gasteiger partial charge in [0.05, 0.1) is 6.33 Å². The Morgan fingerprint density at radius 3 is 2.65 bits per heavy atom. The standard InChI is InChI=1S/C15H26N2/c1-3-15(17-10-9-16-12-17)11-13(2)14-7-5-4-6-8-14/h9-10,12-15H,3-8,11H2,1-2H3. The van der Waals surface area contributed by atoms with E-state index < -0.39 is 0 Å². The monoisotopic (exact) mass is 234 g/mol. The summed E-state index contributed by atoms with van der Waals surface area (Å²) in [5.41, 5.74) is 0. The first-order chi connectivity index (χ1) is 8.31. The highest BCUT2D eigenvalue weighted by molar-refractivity contribution is 4.82. The maximum Gasteiger partial charge on any atom is 0.0948 e. The average molecular weight is 234 g/mol. The molecule has 0 N–H and O–H groups in total. The summed E-state index contributed by atoms with van der Waals surface area (Å²) in [6.45, 7) is 4.74. The molecule has 1 saturated carbocycles. The molecule has 2 nitrogen and oxygen atoms in total. The van der Waals surface area contributed by atoms with Crippen LogP contribution in [-0.2, 0) is 0 Å². The SMILES string of the molecule is CCC(CC(C)C1CCCCC1)n1ccnc1. The van der Waals surface area contributed by atoms with Crippen molar-refractivity contribution in [1.82, 2.24) is 9.55 Å². The van der Waals surface area contributed by atoms with Gasteiger partial charge in [0.2, 0.25) is 0 Å². The van der Waals surface area contributed by atoms with Crippen LogP contribution in [0, 0.1) is 11.8 Å². The van der Waals surface area contributed by atoms with Crippen LogP contribution in [-0.4, -0.2) is 9.55 Å². The van der Waals surface area contributed by atoms with E-state index in [1.165, 1.54) is 44.9 Å². The van der Waals surface area contributed by atoms with Crippen molar-refractivity contribution in [3.63, 3.8) is 0 Å². The molecule has 1 fully saturated rings. The molecule has 1 heterocycles. The molecular weight excluding hydrogens is 208 g/mol. The van der Waals surface area contributed by atoms with Gasteiger partial charge in [-0.25, -0.2) is 4.98 Å². The average Bonchev–Trinajstić information content (AvgIpc) is 2.90. The van der Waals surface area contributed by atoms with Crippen molar-refractivity contribution in [2.75, 3.05) is 0 Å². The van der Waals surface area contributed by atoms with Crippen molar-refractivity contribution >= 4 is 0 Å². The number of imidazole rings is 1. The molecule has 0 amide bonds. The number of hydrogen-bond donors (Lipinski definition) is 0. The Bertz CT molecular complexity index is 299. The van der Waals surface area contributed by atoms with Crippen LogP contribution in [0.1, 0.15) is 64.8 Å². The van der Waals surface area contributed by atoms with Gasteiger partial charge in [-0.2, -0.15) is 0 Å². The summed E-state index contributed by atoms with van der Waals surface area (Å²) in [6, 6.07) is 0.648. The van der Waals surface area contributed by atoms with Gasteiger partial charge in [0.15, 0.2) is 0 Å². The maximum absolute atomic E-state index is 4.17. The van der Waals surface area contributed by atoms with Gasteiger partial charge >= 0.3 is 0 Å². The molecule has 0 saturated heterocycles. The van der Waals surface area contributed by atoms with E-state index in [0.717, 1.165) is 11.8 Å². The molecule has 0 radical (unpaired) electrons. The molecule has 2 atom stereocenters. The van der Waals surface area contributed by atoms with E-state index in [9.17, 15) is 0 Å². The van der Waals surface area contributed by atoms with Crippen molar-refractivity contribution in [2.45, 2.75) is 64.8 Å². The van der Waals surface area contributed by atoms with Gasteiger partial charge in [-0.05, 0) is 24.7 Å². The predicted molar refractivity (Wildman–Crippen MR) is 71.9 cm³/mol. The van der Waals surface area contributed by atoms with Crippen molar-refractivity contribution in [3.8, 4) is 0 Å². The second kappa shape index (κ2) is 6.23. The second-order valence-corrected chi connectivity index (χ2v) is 5.68. The van der Waals surface area contributed by atoms with Gasteiger partial charge in [-0.15, -0.1) is 0 Å². The first-order valence-corrected chi connectivity index (χ1v) is 7.28. The van der Waals surface area contributed by atoms with Crippen LogP contribution in [0.2, 0.25) is 0 Å². The third-order valence-corrected chi connectivity index (χ3v) is 4.52. The van der Waals surface area contributed by atoms with Crippen molar-refractivity contribution in [3.05, 3.63) is 18.7 Å². The van der Waals surface area contributed by atoms with Gasteiger partial charge in [-0.1, -0.05) is 46.0 Å². The van der Waals surface area contributed by atoms with Crippen molar-refractivity contribution < 1.29 is 0 Å². The Morgan fingerprint density at radius 1 is 1.29 bits per heavy atom. The summed E-state index contributed by atoms with van der Waals surface area (Å²) >= 11 is 0. The lowest BCUT2D eigenvalue weighted by Gasteiger charge is -2.30. The Labute approximate surface area is 105 Å². The number of nitrogens with zero attached hydrogens (tertiary/aromatic N) is 2. The molecule has 1 aliphatic carbocycles. The van der Waals surface area contributed by atoms with Gasteiger partial charge in [0.1, 0.15) is 0 Å². The zero-order chi connectivity index (χ0) is 12.1. The van der Waals surface area contributed by atoms with Crippen molar-refractivity contribution in [1.29, 1.82) is 0 Å². The zero-order valence-corrected chi connectivity index (χ0v) is 11.3. The molecule has 2 heteroatoms. The van der Waals surface area contributed by atoms with Crippen molar-refractivity contribution in [2.24, 2.45) is 11.8 Å². The fourth-order valence-corrected chi connectivity index (χ4v) is 3.31. The molecule has 1 aliphatic rings. The molecule has 1 aromatic heterocycles. The molecule has 96 valence electrons. The predicted octanol–water partition coefficient (Wildman–Crippen LogP) is 4.44. The normalized spacial score (nSPS) is 21.3. The lowest BCUT2D eigenvalue weighted by atomic mass is 9.78. The largest absolute Gasteiger partial charge is 0.334 e. The molecule has 0 spiro atoms.